The molecule has 0 aliphatic rings. The van der Waals surface area contributed by atoms with E-state index in [0.29, 0.717) is 22.0 Å². The lowest BCUT2D eigenvalue weighted by atomic mass is 10.1. The molecule has 6 heteroatoms. The van der Waals surface area contributed by atoms with Crippen molar-refractivity contribution in [1.29, 1.82) is 0 Å². The first-order valence-electron chi connectivity index (χ1n) is 8.53. The fraction of sp³-hybridized carbons (Fsp3) is 0.300. The normalized spacial score (nSPS) is 12.9. The maximum absolute atomic E-state index is 12.6. The highest BCUT2D eigenvalue weighted by Gasteiger charge is 2.22. The van der Waals surface area contributed by atoms with E-state index in [9.17, 15) is 9.59 Å². The summed E-state index contributed by atoms with van der Waals surface area (Å²) in [5, 5.41) is 6.42. The van der Waals surface area contributed by atoms with E-state index in [0.717, 1.165) is 12.0 Å². The van der Waals surface area contributed by atoms with Crippen LogP contribution in [0.15, 0.2) is 48.5 Å². The third-order valence-corrected chi connectivity index (χ3v) is 4.78. The van der Waals surface area contributed by atoms with Gasteiger partial charge in [-0.3, -0.25) is 9.59 Å². The van der Waals surface area contributed by atoms with Crippen LogP contribution in [0.4, 0.5) is 0 Å². The molecule has 2 unspecified atom stereocenters. The summed E-state index contributed by atoms with van der Waals surface area (Å²) in [6.07, 6.45) is 1.31. The number of amides is 2. The van der Waals surface area contributed by atoms with E-state index in [-0.39, 0.29) is 17.9 Å². The highest BCUT2D eigenvalue weighted by molar-refractivity contribution is 6.42. The molecule has 2 aromatic rings. The number of benzene rings is 2. The number of carbonyl (C=O) groups excluding carboxylic acids is 2. The molecule has 0 spiro atoms. The molecule has 2 rings (SSSR count). The molecule has 0 fully saturated rings. The van der Waals surface area contributed by atoms with Gasteiger partial charge in [0.25, 0.3) is 5.91 Å². The largest absolute Gasteiger partial charge is 0.348 e. The molecule has 0 heterocycles. The second kappa shape index (κ2) is 9.60. The van der Waals surface area contributed by atoms with Gasteiger partial charge in [-0.15, -0.1) is 0 Å². The molecule has 2 amide bonds. The van der Waals surface area contributed by atoms with Crippen molar-refractivity contribution in [2.75, 3.05) is 0 Å². The Balaban J connectivity index is 2.05. The molecule has 0 aliphatic carbocycles. The molecule has 0 aromatic heterocycles. The Labute approximate surface area is 163 Å². The van der Waals surface area contributed by atoms with Gasteiger partial charge in [0, 0.05) is 5.56 Å². The molecule has 26 heavy (non-hydrogen) atoms. The lowest BCUT2D eigenvalue weighted by Crippen LogP contribution is -2.47. The number of hydrogen-bond donors (Lipinski definition) is 2. The van der Waals surface area contributed by atoms with E-state index in [1.54, 1.807) is 12.1 Å². The lowest BCUT2D eigenvalue weighted by molar-refractivity contribution is -0.123. The summed E-state index contributed by atoms with van der Waals surface area (Å²) in [4.78, 5) is 25.1. The predicted molar refractivity (Wildman–Crippen MR) is 106 cm³/mol. The van der Waals surface area contributed by atoms with Crippen molar-refractivity contribution in [1.82, 2.24) is 10.6 Å². The SMILES string of the molecule is CCCC(NC(=O)c1ccc(Cl)c(Cl)c1)C(=O)NC(C)c1ccccc1. The second-order valence-corrected chi connectivity index (χ2v) is 6.90. The van der Waals surface area contributed by atoms with Crippen LogP contribution < -0.4 is 10.6 Å². The van der Waals surface area contributed by atoms with E-state index in [1.807, 2.05) is 44.2 Å². The molecule has 0 bridgehead atoms. The van der Waals surface area contributed by atoms with Gasteiger partial charge in [-0.25, -0.2) is 0 Å². The maximum Gasteiger partial charge on any atom is 0.251 e. The molecule has 2 atom stereocenters. The van der Waals surface area contributed by atoms with Crippen LogP contribution in [0, 0.1) is 0 Å². The van der Waals surface area contributed by atoms with Gasteiger partial charge in [0.2, 0.25) is 5.91 Å². The summed E-state index contributed by atoms with van der Waals surface area (Å²) < 4.78 is 0. The van der Waals surface area contributed by atoms with Crippen LogP contribution in [0.2, 0.25) is 10.0 Å². The van der Waals surface area contributed by atoms with Gasteiger partial charge in [0.1, 0.15) is 6.04 Å². The topological polar surface area (TPSA) is 58.2 Å². The summed E-state index contributed by atoms with van der Waals surface area (Å²) in [7, 11) is 0. The Bertz CT molecular complexity index is 766. The zero-order valence-corrected chi connectivity index (χ0v) is 16.3. The van der Waals surface area contributed by atoms with E-state index in [2.05, 4.69) is 10.6 Å². The van der Waals surface area contributed by atoms with Gasteiger partial charge in [0.05, 0.1) is 16.1 Å². The standard InChI is InChI=1S/C20H22Cl2N2O2/c1-3-7-18(20(26)23-13(2)14-8-5-4-6-9-14)24-19(25)15-10-11-16(21)17(22)12-15/h4-6,8-13,18H,3,7H2,1-2H3,(H,23,26)(H,24,25). The lowest BCUT2D eigenvalue weighted by Gasteiger charge is -2.21. The van der Waals surface area contributed by atoms with E-state index in [4.69, 9.17) is 23.2 Å². The summed E-state index contributed by atoms with van der Waals surface area (Å²) in [5.41, 5.74) is 1.37. The van der Waals surface area contributed by atoms with Gasteiger partial charge >= 0.3 is 0 Å². The smallest absolute Gasteiger partial charge is 0.251 e. The average Bonchev–Trinajstić information content (AvgIpc) is 2.64. The first-order valence-corrected chi connectivity index (χ1v) is 9.29. The monoisotopic (exact) mass is 392 g/mol. The van der Waals surface area contributed by atoms with Crippen LogP contribution in [0.5, 0.6) is 0 Å². The second-order valence-electron chi connectivity index (χ2n) is 6.08. The van der Waals surface area contributed by atoms with Gasteiger partial charge in [-0.05, 0) is 37.1 Å². The van der Waals surface area contributed by atoms with E-state index < -0.39 is 6.04 Å². The highest BCUT2D eigenvalue weighted by Crippen LogP contribution is 2.22. The summed E-state index contributed by atoms with van der Waals surface area (Å²) in [6.45, 7) is 3.88. The quantitative estimate of drug-likeness (QED) is 0.712. The minimum absolute atomic E-state index is 0.148. The number of rotatable bonds is 7. The predicted octanol–water partition coefficient (Wildman–Crippen LogP) is 4.77. The average molecular weight is 393 g/mol. The zero-order chi connectivity index (χ0) is 19.1. The Morgan fingerprint density at radius 3 is 2.31 bits per heavy atom. The fourth-order valence-electron chi connectivity index (χ4n) is 2.58. The van der Waals surface area contributed by atoms with Crippen molar-refractivity contribution in [3.63, 3.8) is 0 Å². The molecule has 0 saturated heterocycles. The molecule has 0 aliphatic heterocycles. The van der Waals surface area contributed by atoms with Crippen molar-refractivity contribution >= 4 is 35.0 Å². The third-order valence-electron chi connectivity index (χ3n) is 4.04. The molecule has 0 saturated carbocycles. The Morgan fingerprint density at radius 1 is 1.00 bits per heavy atom. The summed E-state index contributed by atoms with van der Waals surface area (Å²) in [5.74, 6) is -0.568. The fourth-order valence-corrected chi connectivity index (χ4v) is 2.87. The zero-order valence-electron chi connectivity index (χ0n) is 14.8. The van der Waals surface area contributed by atoms with Gasteiger partial charge in [0.15, 0.2) is 0 Å². The van der Waals surface area contributed by atoms with Crippen LogP contribution in [0.3, 0.4) is 0 Å². The van der Waals surface area contributed by atoms with Gasteiger partial charge < -0.3 is 10.6 Å². The minimum Gasteiger partial charge on any atom is -0.348 e. The van der Waals surface area contributed by atoms with Crippen LogP contribution in [0.1, 0.15) is 48.7 Å². The van der Waals surface area contributed by atoms with E-state index >= 15 is 0 Å². The van der Waals surface area contributed by atoms with E-state index in [1.165, 1.54) is 6.07 Å². The molecular formula is C20H22Cl2N2O2. The Kier molecular flexibility index (Phi) is 7.49. The molecule has 2 aromatic carbocycles. The number of nitrogens with one attached hydrogen (secondary N) is 2. The molecule has 4 nitrogen and oxygen atoms in total. The summed E-state index contributed by atoms with van der Waals surface area (Å²) >= 11 is 11.8. The number of carbonyl (C=O) groups is 2. The van der Waals surface area contributed by atoms with Crippen LogP contribution in [-0.4, -0.2) is 17.9 Å². The Morgan fingerprint density at radius 2 is 1.69 bits per heavy atom. The van der Waals surface area contributed by atoms with Crippen LogP contribution >= 0.6 is 23.2 Å². The Hall–Kier alpha value is -2.04. The number of hydrogen-bond acceptors (Lipinski definition) is 2. The van der Waals surface area contributed by atoms with Crippen LogP contribution in [0.25, 0.3) is 0 Å². The van der Waals surface area contributed by atoms with Crippen LogP contribution in [-0.2, 0) is 4.79 Å². The maximum atomic E-state index is 12.6. The van der Waals surface area contributed by atoms with Gasteiger partial charge in [-0.1, -0.05) is 66.9 Å². The molecular weight excluding hydrogens is 371 g/mol. The van der Waals surface area contributed by atoms with Crippen molar-refractivity contribution < 1.29 is 9.59 Å². The first kappa shape index (κ1) is 20.3. The van der Waals surface area contributed by atoms with Crippen molar-refractivity contribution in [3.05, 3.63) is 69.7 Å². The van der Waals surface area contributed by atoms with Crippen molar-refractivity contribution in [2.24, 2.45) is 0 Å². The highest BCUT2D eigenvalue weighted by atomic mass is 35.5. The van der Waals surface area contributed by atoms with Crippen molar-refractivity contribution in [2.45, 2.75) is 38.8 Å². The summed E-state index contributed by atoms with van der Waals surface area (Å²) in [6, 6.07) is 13.5. The first-order chi connectivity index (χ1) is 12.4. The molecule has 2 N–H and O–H groups in total. The molecule has 0 radical (unpaired) electrons. The third kappa shape index (κ3) is 5.48. The molecule has 138 valence electrons. The van der Waals surface area contributed by atoms with Crippen molar-refractivity contribution in [3.8, 4) is 0 Å². The number of halogens is 2. The van der Waals surface area contributed by atoms with Gasteiger partial charge in [-0.2, -0.15) is 0 Å². The minimum atomic E-state index is -0.617.